The van der Waals surface area contributed by atoms with Crippen molar-refractivity contribution in [1.29, 1.82) is 0 Å². The minimum absolute atomic E-state index is 0.422. The van der Waals surface area contributed by atoms with Gasteiger partial charge in [0.1, 0.15) is 11.3 Å². The maximum atomic E-state index is 5.91. The van der Waals surface area contributed by atoms with Crippen molar-refractivity contribution < 1.29 is 0 Å². The van der Waals surface area contributed by atoms with Crippen LogP contribution in [0.15, 0.2) is 0 Å². The molecule has 6 heteroatoms. The smallest absolute Gasteiger partial charge is 0.158 e. The highest BCUT2D eigenvalue weighted by Crippen LogP contribution is 2.26. The molecule has 0 saturated carbocycles. The van der Waals surface area contributed by atoms with Gasteiger partial charge in [0.2, 0.25) is 0 Å². The van der Waals surface area contributed by atoms with E-state index in [1.165, 1.54) is 0 Å². The quantitative estimate of drug-likeness (QED) is 0.769. The first-order valence-corrected chi connectivity index (χ1v) is 8.48. The zero-order valence-electron chi connectivity index (χ0n) is 12.0. The molecule has 0 saturated heterocycles. The van der Waals surface area contributed by atoms with Crippen LogP contribution in [0.4, 0.5) is 0 Å². The van der Waals surface area contributed by atoms with Crippen molar-refractivity contribution in [3.63, 3.8) is 0 Å². The van der Waals surface area contributed by atoms with Gasteiger partial charge in [0.15, 0.2) is 5.65 Å². The Balaban J connectivity index is 2.50. The third-order valence-corrected chi connectivity index (χ3v) is 4.24. The summed E-state index contributed by atoms with van der Waals surface area (Å²) in [5.41, 5.74) is 3.12. The third kappa shape index (κ3) is 2.77. The SMILES string of the molecule is CSCCC(C)n1c(CCCl)nc2c(C)nn(C)c21. The first-order chi connectivity index (χ1) is 9.10. The Hall–Kier alpha value is -0.680. The summed E-state index contributed by atoms with van der Waals surface area (Å²) in [6.07, 6.45) is 4.08. The molecule has 0 aromatic carbocycles. The lowest BCUT2D eigenvalue weighted by Crippen LogP contribution is -2.13. The molecule has 1 unspecified atom stereocenters. The van der Waals surface area contributed by atoms with Crippen LogP contribution in [0.5, 0.6) is 0 Å². The highest BCUT2D eigenvalue weighted by Gasteiger charge is 2.20. The molecule has 0 aliphatic heterocycles. The number of imidazole rings is 1. The van der Waals surface area contributed by atoms with Crippen molar-refractivity contribution in [2.75, 3.05) is 17.9 Å². The molecular formula is C13H21ClN4S. The highest BCUT2D eigenvalue weighted by atomic mass is 35.5. The zero-order valence-corrected chi connectivity index (χ0v) is 13.6. The number of aryl methyl sites for hydroxylation is 3. The summed E-state index contributed by atoms with van der Waals surface area (Å²) in [4.78, 5) is 4.74. The summed E-state index contributed by atoms with van der Waals surface area (Å²) < 4.78 is 4.25. The molecule has 0 bridgehead atoms. The molecule has 1 atom stereocenters. The van der Waals surface area contributed by atoms with Gasteiger partial charge in [0.05, 0.1) is 5.69 Å². The molecule has 0 N–H and O–H groups in total. The zero-order chi connectivity index (χ0) is 14.0. The van der Waals surface area contributed by atoms with E-state index in [4.69, 9.17) is 16.6 Å². The van der Waals surface area contributed by atoms with Crippen LogP contribution in [0.25, 0.3) is 11.2 Å². The van der Waals surface area contributed by atoms with E-state index in [1.807, 2.05) is 30.4 Å². The van der Waals surface area contributed by atoms with Crippen LogP contribution in [0.1, 0.15) is 30.9 Å². The largest absolute Gasteiger partial charge is 0.310 e. The van der Waals surface area contributed by atoms with Crippen LogP contribution >= 0.6 is 23.4 Å². The van der Waals surface area contributed by atoms with Crippen molar-refractivity contribution in [3.8, 4) is 0 Å². The Morgan fingerprint density at radius 1 is 1.42 bits per heavy atom. The summed E-state index contributed by atoms with van der Waals surface area (Å²) in [5, 5.41) is 4.47. The molecule has 0 aliphatic rings. The van der Waals surface area contributed by atoms with E-state index >= 15 is 0 Å². The molecule has 0 amide bonds. The first kappa shape index (κ1) is 14.7. The van der Waals surface area contributed by atoms with Crippen LogP contribution < -0.4 is 0 Å². The summed E-state index contributed by atoms with van der Waals surface area (Å²) in [6.45, 7) is 4.26. The lowest BCUT2D eigenvalue weighted by atomic mass is 10.2. The lowest BCUT2D eigenvalue weighted by Gasteiger charge is -2.17. The van der Waals surface area contributed by atoms with Gasteiger partial charge in [-0.25, -0.2) is 4.98 Å². The van der Waals surface area contributed by atoms with Crippen LogP contribution in [0, 0.1) is 6.92 Å². The topological polar surface area (TPSA) is 35.6 Å². The molecular weight excluding hydrogens is 280 g/mol. The molecule has 0 spiro atoms. The summed E-state index contributed by atoms with van der Waals surface area (Å²) in [6, 6.07) is 0.422. The second-order valence-electron chi connectivity index (χ2n) is 4.85. The van der Waals surface area contributed by atoms with Crippen molar-refractivity contribution in [2.24, 2.45) is 7.05 Å². The van der Waals surface area contributed by atoms with E-state index in [1.54, 1.807) is 0 Å². The fourth-order valence-corrected chi connectivity index (χ4v) is 3.23. The average Bonchev–Trinajstić information content (AvgIpc) is 2.87. The molecule has 2 rings (SSSR count). The molecule has 2 heterocycles. The summed E-state index contributed by atoms with van der Waals surface area (Å²) in [5.74, 6) is 2.83. The lowest BCUT2D eigenvalue weighted by molar-refractivity contribution is 0.516. The number of hydrogen-bond acceptors (Lipinski definition) is 3. The van der Waals surface area contributed by atoms with Gasteiger partial charge >= 0.3 is 0 Å². The van der Waals surface area contributed by atoms with Gasteiger partial charge < -0.3 is 4.57 Å². The van der Waals surface area contributed by atoms with E-state index in [0.717, 1.165) is 41.3 Å². The molecule has 0 fully saturated rings. The number of nitrogens with zero attached hydrogens (tertiary/aromatic N) is 4. The molecule has 19 heavy (non-hydrogen) atoms. The van der Waals surface area contributed by atoms with Gasteiger partial charge in [-0.05, 0) is 32.3 Å². The number of aromatic nitrogens is 4. The van der Waals surface area contributed by atoms with Crippen LogP contribution in [0.2, 0.25) is 0 Å². The van der Waals surface area contributed by atoms with E-state index in [9.17, 15) is 0 Å². The number of halogens is 1. The number of thioether (sulfide) groups is 1. The van der Waals surface area contributed by atoms with Crippen LogP contribution in [0.3, 0.4) is 0 Å². The Bertz CT molecular complexity index is 560. The number of fused-ring (bicyclic) bond motifs is 1. The fourth-order valence-electron chi connectivity index (χ4n) is 2.48. The van der Waals surface area contributed by atoms with Crippen LogP contribution in [-0.4, -0.2) is 37.2 Å². The molecule has 4 nitrogen and oxygen atoms in total. The van der Waals surface area contributed by atoms with Gasteiger partial charge in [-0.1, -0.05) is 0 Å². The minimum Gasteiger partial charge on any atom is -0.310 e. The summed E-state index contributed by atoms with van der Waals surface area (Å²) in [7, 11) is 1.99. The van der Waals surface area contributed by atoms with Gasteiger partial charge in [-0.3, -0.25) is 4.68 Å². The number of hydrogen-bond donors (Lipinski definition) is 0. The second kappa shape index (κ2) is 6.18. The standard InChI is InChI=1S/C13H21ClN4S/c1-9(6-8-19-4)18-11(5-7-14)15-12-10(2)16-17(3)13(12)18/h9H,5-8H2,1-4H3. The van der Waals surface area contributed by atoms with E-state index in [0.29, 0.717) is 11.9 Å². The Morgan fingerprint density at radius 2 is 2.16 bits per heavy atom. The Labute approximate surface area is 123 Å². The predicted octanol–water partition coefficient (Wildman–Crippen LogP) is 3.17. The van der Waals surface area contributed by atoms with E-state index in [2.05, 4.69) is 22.8 Å². The van der Waals surface area contributed by atoms with E-state index < -0.39 is 0 Å². The Morgan fingerprint density at radius 3 is 2.79 bits per heavy atom. The van der Waals surface area contributed by atoms with Crippen molar-refractivity contribution >= 4 is 34.5 Å². The second-order valence-corrected chi connectivity index (χ2v) is 6.21. The molecule has 2 aromatic rings. The molecule has 2 aromatic heterocycles. The van der Waals surface area contributed by atoms with Gasteiger partial charge in [-0.15, -0.1) is 11.6 Å². The predicted molar refractivity (Wildman–Crippen MR) is 83.4 cm³/mol. The maximum Gasteiger partial charge on any atom is 0.158 e. The minimum atomic E-state index is 0.422. The normalized spacial score (nSPS) is 13.3. The van der Waals surface area contributed by atoms with Gasteiger partial charge in [-0.2, -0.15) is 16.9 Å². The average molecular weight is 301 g/mol. The Kier molecular flexibility index (Phi) is 4.79. The van der Waals surface area contributed by atoms with Crippen molar-refractivity contribution in [3.05, 3.63) is 11.5 Å². The fraction of sp³-hybridized carbons (Fsp3) is 0.692. The van der Waals surface area contributed by atoms with Crippen molar-refractivity contribution in [2.45, 2.75) is 32.7 Å². The third-order valence-electron chi connectivity index (χ3n) is 3.41. The van der Waals surface area contributed by atoms with Crippen molar-refractivity contribution in [1.82, 2.24) is 19.3 Å². The number of rotatable bonds is 6. The molecule has 0 aliphatic carbocycles. The van der Waals surface area contributed by atoms with E-state index in [-0.39, 0.29) is 0 Å². The molecule has 0 radical (unpaired) electrons. The molecule has 106 valence electrons. The van der Waals surface area contributed by atoms with Crippen LogP contribution in [-0.2, 0) is 13.5 Å². The monoisotopic (exact) mass is 300 g/mol. The first-order valence-electron chi connectivity index (χ1n) is 6.55. The maximum absolute atomic E-state index is 5.91. The van der Waals surface area contributed by atoms with Gasteiger partial charge in [0.25, 0.3) is 0 Å². The highest BCUT2D eigenvalue weighted by molar-refractivity contribution is 7.98. The number of alkyl halides is 1. The summed E-state index contributed by atoms with van der Waals surface area (Å²) >= 11 is 7.79. The van der Waals surface area contributed by atoms with Gasteiger partial charge in [0, 0.05) is 25.4 Å².